The quantitative estimate of drug-likeness (QED) is 0.519. The molecule has 1 aliphatic heterocycles. The molecule has 0 spiro atoms. The standard InChI is InChI=1S/C10H19N3O3/c14-11-13(15)10-4-2-1-3-9(10)12-5-7-16-8-6-12/h10-11,15H,1-8H2. The Morgan fingerprint density at radius 3 is 2.81 bits per heavy atom. The molecular formula is C10H19N3O3. The highest BCUT2D eigenvalue weighted by molar-refractivity contribution is 5.85. The largest absolute Gasteiger partial charge is 0.773 e. The Balaban J connectivity index is 2.14. The van der Waals surface area contributed by atoms with Gasteiger partial charge in [0.1, 0.15) is 19.3 Å². The Morgan fingerprint density at radius 1 is 1.38 bits per heavy atom. The smallest absolute Gasteiger partial charge is 0.173 e. The average Bonchev–Trinajstić information content (AvgIpc) is 2.39. The van der Waals surface area contributed by atoms with Gasteiger partial charge in [-0.2, -0.15) is 0 Å². The van der Waals surface area contributed by atoms with Crippen molar-refractivity contribution < 1.29 is 14.5 Å². The molecule has 6 nitrogen and oxygen atoms in total. The number of nitrogens with one attached hydrogen (secondary N) is 1. The molecule has 92 valence electrons. The molecule has 2 N–H and O–H groups in total. The van der Waals surface area contributed by atoms with Gasteiger partial charge in [-0.15, -0.1) is 5.17 Å². The average molecular weight is 229 g/mol. The highest BCUT2D eigenvalue weighted by atomic mass is 16.7. The highest BCUT2D eigenvalue weighted by Crippen LogP contribution is 2.19. The SMILES string of the molecule is [O-]NN(O)C1CCCCC1=[N+]1CCOCC1. The summed E-state index contributed by atoms with van der Waals surface area (Å²) in [4.78, 5) is 0. The molecule has 0 aromatic heterocycles. The number of hydrazine groups is 1. The minimum absolute atomic E-state index is 0.177. The van der Waals surface area contributed by atoms with Crippen molar-refractivity contribution in [3.05, 3.63) is 5.21 Å². The summed E-state index contributed by atoms with van der Waals surface area (Å²) >= 11 is 0. The van der Waals surface area contributed by atoms with E-state index in [1.165, 1.54) is 5.71 Å². The zero-order valence-corrected chi connectivity index (χ0v) is 9.39. The summed E-state index contributed by atoms with van der Waals surface area (Å²) in [5.74, 6) is 0. The number of nitrogens with zero attached hydrogens (tertiary/aromatic N) is 2. The van der Waals surface area contributed by atoms with Gasteiger partial charge in [-0.3, -0.25) is 5.21 Å². The Morgan fingerprint density at radius 2 is 2.12 bits per heavy atom. The Hall–Kier alpha value is -0.530. The first-order chi connectivity index (χ1) is 7.83. The molecule has 1 unspecified atom stereocenters. The third-order valence-corrected chi connectivity index (χ3v) is 3.35. The molecule has 1 atom stereocenters. The van der Waals surface area contributed by atoms with Crippen LogP contribution in [-0.4, -0.2) is 53.0 Å². The molecule has 6 heteroatoms. The van der Waals surface area contributed by atoms with Crippen molar-refractivity contribution >= 4 is 5.71 Å². The zero-order valence-electron chi connectivity index (χ0n) is 9.39. The molecule has 0 aromatic rings. The molecule has 0 radical (unpaired) electrons. The van der Waals surface area contributed by atoms with Crippen LogP contribution in [0, 0.1) is 5.21 Å². The first-order valence-electron chi connectivity index (χ1n) is 5.87. The van der Waals surface area contributed by atoms with E-state index in [2.05, 4.69) is 4.58 Å². The zero-order chi connectivity index (χ0) is 11.4. The van der Waals surface area contributed by atoms with E-state index in [9.17, 15) is 10.4 Å². The minimum Gasteiger partial charge on any atom is -0.773 e. The van der Waals surface area contributed by atoms with Gasteiger partial charge in [0.05, 0.1) is 0 Å². The van der Waals surface area contributed by atoms with Crippen LogP contribution in [0.2, 0.25) is 0 Å². The first kappa shape index (κ1) is 11.9. The fourth-order valence-corrected chi connectivity index (χ4v) is 2.52. The van der Waals surface area contributed by atoms with Gasteiger partial charge < -0.3 is 15.5 Å². The molecule has 1 aliphatic carbocycles. The van der Waals surface area contributed by atoms with E-state index in [4.69, 9.17) is 4.74 Å². The maximum absolute atomic E-state index is 10.5. The maximum Gasteiger partial charge on any atom is 0.173 e. The van der Waals surface area contributed by atoms with Crippen molar-refractivity contribution in [2.24, 2.45) is 0 Å². The van der Waals surface area contributed by atoms with E-state index in [0.717, 1.165) is 52.0 Å². The molecule has 2 rings (SSSR count). The van der Waals surface area contributed by atoms with E-state index in [-0.39, 0.29) is 6.04 Å². The van der Waals surface area contributed by atoms with Crippen molar-refractivity contribution in [3.8, 4) is 0 Å². The molecule has 2 fully saturated rings. The normalized spacial score (nSPS) is 27.6. The van der Waals surface area contributed by atoms with Crippen LogP contribution < -0.4 is 5.59 Å². The van der Waals surface area contributed by atoms with Gasteiger partial charge in [-0.05, 0) is 12.8 Å². The van der Waals surface area contributed by atoms with Gasteiger partial charge in [-0.1, -0.05) is 6.42 Å². The van der Waals surface area contributed by atoms with E-state index >= 15 is 0 Å². The van der Waals surface area contributed by atoms with Crippen LogP contribution in [0.1, 0.15) is 25.7 Å². The lowest BCUT2D eigenvalue weighted by Gasteiger charge is -2.32. The number of hydroxylamine groups is 1. The van der Waals surface area contributed by atoms with E-state index in [1.54, 1.807) is 5.59 Å². The molecular weight excluding hydrogens is 210 g/mol. The third kappa shape index (κ3) is 2.58. The molecule has 16 heavy (non-hydrogen) atoms. The summed E-state index contributed by atoms with van der Waals surface area (Å²) in [5.41, 5.74) is 2.73. The van der Waals surface area contributed by atoms with Crippen molar-refractivity contribution in [3.63, 3.8) is 0 Å². The van der Waals surface area contributed by atoms with E-state index < -0.39 is 0 Å². The van der Waals surface area contributed by atoms with Crippen LogP contribution >= 0.6 is 0 Å². The van der Waals surface area contributed by atoms with E-state index in [0.29, 0.717) is 5.17 Å². The van der Waals surface area contributed by atoms with Gasteiger partial charge in [0.25, 0.3) is 0 Å². The highest BCUT2D eigenvalue weighted by Gasteiger charge is 2.32. The van der Waals surface area contributed by atoms with Crippen LogP contribution in [0.25, 0.3) is 0 Å². The number of morpholine rings is 1. The second-order valence-electron chi connectivity index (χ2n) is 4.29. The predicted octanol–water partition coefficient (Wildman–Crippen LogP) is 0.106. The van der Waals surface area contributed by atoms with Crippen LogP contribution in [0.3, 0.4) is 0 Å². The topological polar surface area (TPSA) is 70.8 Å². The van der Waals surface area contributed by atoms with Gasteiger partial charge in [0, 0.05) is 6.42 Å². The van der Waals surface area contributed by atoms with Crippen LogP contribution in [0.5, 0.6) is 0 Å². The Kier molecular flexibility index (Phi) is 4.25. The lowest BCUT2D eigenvalue weighted by atomic mass is 9.93. The van der Waals surface area contributed by atoms with Gasteiger partial charge in [0.15, 0.2) is 18.8 Å². The summed E-state index contributed by atoms with van der Waals surface area (Å²) < 4.78 is 7.55. The van der Waals surface area contributed by atoms with E-state index in [1.807, 2.05) is 0 Å². The molecule has 1 saturated heterocycles. The number of ether oxygens (including phenoxy) is 1. The lowest BCUT2D eigenvalue weighted by molar-refractivity contribution is -0.553. The predicted molar refractivity (Wildman–Crippen MR) is 58.2 cm³/mol. The molecule has 2 aliphatic rings. The number of rotatable bonds is 2. The Bertz CT molecular complexity index is 262. The summed E-state index contributed by atoms with van der Waals surface area (Å²) in [5, 5.41) is 20.7. The molecule has 0 aromatic carbocycles. The fourth-order valence-electron chi connectivity index (χ4n) is 2.52. The van der Waals surface area contributed by atoms with Crippen molar-refractivity contribution in [1.29, 1.82) is 0 Å². The number of hydrogen-bond acceptors (Lipinski definition) is 5. The summed E-state index contributed by atoms with van der Waals surface area (Å²) in [6, 6.07) is -0.177. The van der Waals surface area contributed by atoms with Gasteiger partial charge in [-0.25, -0.2) is 4.58 Å². The molecule has 0 bridgehead atoms. The molecule has 1 heterocycles. The first-order valence-corrected chi connectivity index (χ1v) is 5.87. The van der Waals surface area contributed by atoms with Crippen LogP contribution in [0.15, 0.2) is 0 Å². The van der Waals surface area contributed by atoms with Crippen molar-refractivity contribution in [2.75, 3.05) is 26.3 Å². The number of hydrogen-bond donors (Lipinski definition) is 2. The van der Waals surface area contributed by atoms with Crippen molar-refractivity contribution in [1.82, 2.24) is 10.8 Å². The summed E-state index contributed by atoms with van der Waals surface area (Å²) in [6.45, 7) is 3.18. The Labute approximate surface area is 95.0 Å². The summed E-state index contributed by atoms with van der Waals surface area (Å²) in [6.07, 6.45) is 3.98. The van der Waals surface area contributed by atoms with Gasteiger partial charge >= 0.3 is 0 Å². The van der Waals surface area contributed by atoms with Crippen LogP contribution in [-0.2, 0) is 4.74 Å². The minimum atomic E-state index is -0.177. The van der Waals surface area contributed by atoms with Crippen LogP contribution in [0.4, 0.5) is 0 Å². The monoisotopic (exact) mass is 229 g/mol. The van der Waals surface area contributed by atoms with Crippen molar-refractivity contribution in [2.45, 2.75) is 31.7 Å². The van der Waals surface area contributed by atoms with Gasteiger partial charge in [0.2, 0.25) is 0 Å². The third-order valence-electron chi connectivity index (χ3n) is 3.35. The lowest BCUT2D eigenvalue weighted by Crippen LogP contribution is -2.50. The second-order valence-corrected chi connectivity index (χ2v) is 4.29. The molecule has 1 saturated carbocycles. The maximum atomic E-state index is 10.5. The molecule has 0 amide bonds. The summed E-state index contributed by atoms with van der Waals surface area (Å²) in [7, 11) is 0. The fraction of sp³-hybridized carbons (Fsp3) is 0.900. The second kappa shape index (κ2) is 5.70.